The number of halogens is 3. The Balaban J connectivity index is 2.78. The van der Waals surface area contributed by atoms with Crippen molar-refractivity contribution in [3.05, 3.63) is 0 Å². The standard InChI is InChI=1S/C12H22F3N3O/c1-3-10(16)11(12(13,14)15)18-6-4-5-17(7-8-18)9(2)19/h10-11H,3-8,16H2,1-2H3. The lowest BCUT2D eigenvalue weighted by molar-refractivity contribution is -0.189. The van der Waals surface area contributed by atoms with Crippen molar-refractivity contribution in [2.75, 3.05) is 26.2 Å². The molecule has 19 heavy (non-hydrogen) atoms. The first-order valence-corrected chi connectivity index (χ1v) is 6.59. The van der Waals surface area contributed by atoms with Crippen LogP contribution in [0.5, 0.6) is 0 Å². The summed E-state index contributed by atoms with van der Waals surface area (Å²) in [6, 6.07) is -2.55. The molecule has 1 saturated heterocycles. The lowest BCUT2D eigenvalue weighted by atomic mass is 10.0. The first-order chi connectivity index (χ1) is 8.77. The Labute approximate surface area is 111 Å². The number of carbonyl (C=O) groups excluding carboxylic acids is 1. The van der Waals surface area contributed by atoms with Crippen LogP contribution in [0.3, 0.4) is 0 Å². The molecule has 7 heteroatoms. The second-order valence-electron chi connectivity index (χ2n) is 4.95. The molecule has 2 unspecified atom stereocenters. The smallest absolute Gasteiger partial charge is 0.342 e. The lowest BCUT2D eigenvalue weighted by Gasteiger charge is -2.35. The van der Waals surface area contributed by atoms with Gasteiger partial charge in [0.25, 0.3) is 0 Å². The summed E-state index contributed by atoms with van der Waals surface area (Å²) in [7, 11) is 0. The Hall–Kier alpha value is -0.820. The van der Waals surface area contributed by atoms with Gasteiger partial charge in [0.15, 0.2) is 0 Å². The first kappa shape index (κ1) is 16.2. The molecule has 2 N–H and O–H groups in total. The van der Waals surface area contributed by atoms with Crippen LogP contribution in [0.1, 0.15) is 26.7 Å². The molecule has 1 heterocycles. The Morgan fingerprint density at radius 3 is 2.37 bits per heavy atom. The van der Waals surface area contributed by atoms with Crippen LogP contribution in [-0.2, 0) is 4.79 Å². The topological polar surface area (TPSA) is 49.6 Å². The van der Waals surface area contributed by atoms with Crippen LogP contribution in [0.2, 0.25) is 0 Å². The van der Waals surface area contributed by atoms with Crippen molar-refractivity contribution in [3.63, 3.8) is 0 Å². The van der Waals surface area contributed by atoms with Crippen molar-refractivity contribution in [2.45, 2.75) is 44.9 Å². The second-order valence-corrected chi connectivity index (χ2v) is 4.95. The number of hydrogen-bond donors (Lipinski definition) is 1. The van der Waals surface area contributed by atoms with Gasteiger partial charge >= 0.3 is 6.18 Å². The largest absolute Gasteiger partial charge is 0.405 e. The van der Waals surface area contributed by atoms with E-state index in [1.54, 1.807) is 11.8 Å². The zero-order chi connectivity index (χ0) is 14.6. The van der Waals surface area contributed by atoms with Gasteiger partial charge in [-0.1, -0.05) is 6.92 Å². The summed E-state index contributed by atoms with van der Waals surface area (Å²) < 4.78 is 39.4. The van der Waals surface area contributed by atoms with Gasteiger partial charge < -0.3 is 10.6 Å². The second kappa shape index (κ2) is 6.56. The van der Waals surface area contributed by atoms with Crippen LogP contribution in [-0.4, -0.2) is 60.1 Å². The van der Waals surface area contributed by atoms with Crippen LogP contribution >= 0.6 is 0 Å². The summed E-state index contributed by atoms with van der Waals surface area (Å²) >= 11 is 0. The van der Waals surface area contributed by atoms with Gasteiger partial charge in [0.2, 0.25) is 5.91 Å². The van der Waals surface area contributed by atoms with Gasteiger partial charge in [-0.25, -0.2) is 0 Å². The van der Waals surface area contributed by atoms with E-state index in [9.17, 15) is 18.0 Å². The summed E-state index contributed by atoms with van der Waals surface area (Å²) in [4.78, 5) is 14.2. The van der Waals surface area contributed by atoms with Crippen molar-refractivity contribution in [3.8, 4) is 0 Å². The minimum atomic E-state index is -4.33. The number of amides is 1. The van der Waals surface area contributed by atoms with Gasteiger partial charge in [-0.2, -0.15) is 13.2 Å². The van der Waals surface area contributed by atoms with Gasteiger partial charge in [-0.15, -0.1) is 0 Å². The molecule has 0 aromatic heterocycles. The maximum Gasteiger partial charge on any atom is 0.405 e. The third-order valence-corrected chi connectivity index (χ3v) is 3.58. The predicted octanol–water partition coefficient (Wildman–Crippen LogP) is 1.21. The van der Waals surface area contributed by atoms with E-state index < -0.39 is 18.3 Å². The van der Waals surface area contributed by atoms with Gasteiger partial charge in [0.05, 0.1) is 0 Å². The molecule has 0 aromatic rings. The number of nitrogens with two attached hydrogens (primary N) is 1. The number of alkyl halides is 3. The molecular formula is C12H22F3N3O. The molecule has 4 nitrogen and oxygen atoms in total. The third-order valence-electron chi connectivity index (χ3n) is 3.58. The molecule has 0 aliphatic carbocycles. The molecule has 2 atom stereocenters. The quantitative estimate of drug-likeness (QED) is 0.846. The molecular weight excluding hydrogens is 259 g/mol. The number of nitrogens with zero attached hydrogens (tertiary/aromatic N) is 2. The zero-order valence-electron chi connectivity index (χ0n) is 11.4. The van der Waals surface area contributed by atoms with Crippen LogP contribution < -0.4 is 5.73 Å². The molecule has 1 fully saturated rings. The minimum absolute atomic E-state index is 0.0924. The van der Waals surface area contributed by atoms with E-state index in [-0.39, 0.29) is 18.9 Å². The monoisotopic (exact) mass is 281 g/mol. The van der Waals surface area contributed by atoms with Crippen molar-refractivity contribution < 1.29 is 18.0 Å². The third kappa shape index (κ3) is 4.35. The lowest BCUT2D eigenvalue weighted by Crippen LogP contribution is -2.56. The zero-order valence-corrected chi connectivity index (χ0v) is 11.4. The summed E-state index contributed by atoms with van der Waals surface area (Å²) in [5.74, 6) is -0.0924. The molecule has 0 spiro atoms. The summed E-state index contributed by atoms with van der Waals surface area (Å²) in [6.45, 7) is 4.48. The van der Waals surface area contributed by atoms with Crippen molar-refractivity contribution in [1.29, 1.82) is 0 Å². The summed E-state index contributed by atoms with van der Waals surface area (Å²) in [5, 5.41) is 0. The van der Waals surface area contributed by atoms with Gasteiger partial charge in [0.1, 0.15) is 6.04 Å². The molecule has 0 radical (unpaired) electrons. The Kier molecular flexibility index (Phi) is 5.61. The number of hydrogen-bond acceptors (Lipinski definition) is 3. The summed E-state index contributed by atoms with van der Waals surface area (Å²) in [6.07, 6.45) is -3.51. The number of rotatable bonds is 3. The van der Waals surface area contributed by atoms with Crippen molar-refractivity contribution in [1.82, 2.24) is 9.80 Å². The fourth-order valence-electron chi connectivity index (χ4n) is 2.47. The van der Waals surface area contributed by atoms with Crippen molar-refractivity contribution >= 4 is 5.91 Å². The van der Waals surface area contributed by atoms with E-state index in [1.807, 2.05) is 0 Å². The SMILES string of the molecule is CCC(N)C(N1CCCN(C(C)=O)CC1)C(F)(F)F. The Bertz CT molecular complexity index is 309. The van der Waals surface area contributed by atoms with Crippen LogP contribution in [0.15, 0.2) is 0 Å². The minimum Gasteiger partial charge on any atom is -0.342 e. The molecule has 112 valence electrons. The molecule has 1 rings (SSSR count). The van der Waals surface area contributed by atoms with Gasteiger partial charge in [0, 0.05) is 39.1 Å². The van der Waals surface area contributed by atoms with E-state index in [4.69, 9.17) is 5.73 Å². The average Bonchev–Trinajstić information content (AvgIpc) is 2.53. The average molecular weight is 281 g/mol. The fourth-order valence-corrected chi connectivity index (χ4v) is 2.47. The van der Waals surface area contributed by atoms with Crippen LogP contribution in [0.25, 0.3) is 0 Å². The Morgan fingerprint density at radius 2 is 1.89 bits per heavy atom. The van der Waals surface area contributed by atoms with E-state index in [0.717, 1.165) is 0 Å². The predicted molar refractivity (Wildman–Crippen MR) is 66.6 cm³/mol. The molecule has 1 amide bonds. The number of carbonyl (C=O) groups is 1. The fraction of sp³-hybridized carbons (Fsp3) is 0.917. The van der Waals surface area contributed by atoms with E-state index >= 15 is 0 Å². The highest BCUT2D eigenvalue weighted by atomic mass is 19.4. The van der Waals surface area contributed by atoms with E-state index in [2.05, 4.69) is 0 Å². The maximum absolute atomic E-state index is 13.1. The molecule has 0 aromatic carbocycles. The molecule has 0 saturated carbocycles. The van der Waals surface area contributed by atoms with Gasteiger partial charge in [-0.05, 0) is 12.8 Å². The summed E-state index contributed by atoms with van der Waals surface area (Å²) in [5.41, 5.74) is 5.64. The normalized spacial score (nSPS) is 21.9. The highest BCUT2D eigenvalue weighted by Gasteiger charge is 2.46. The van der Waals surface area contributed by atoms with E-state index in [1.165, 1.54) is 11.8 Å². The van der Waals surface area contributed by atoms with Crippen LogP contribution in [0, 0.1) is 0 Å². The Morgan fingerprint density at radius 1 is 1.26 bits per heavy atom. The highest BCUT2D eigenvalue weighted by Crippen LogP contribution is 2.28. The highest BCUT2D eigenvalue weighted by molar-refractivity contribution is 5.73. The first-order valence-electron chi connectivity index (χ1n) is 6.59. The van der Waals surface area contributed by atoms with Crippen LogP contribution in [0.4, 0.5) is 13.2 Å². The van der Waals surface area contributed by atoms with Crippen molar-refractivity contribution in [2.24, 2.45) is 5.73 Å². The van der Waals surface area contributed by atoms with Gasteiger partial charge in [-0.3, -0.25) is 9.69 Å². The molecule has 1 aliphatic rings. The molecule has 1 aliphatic heterocycles. The maximum atomic E-state index is 13.1. The molecule has 0 bridgehead atoms. The van der Waals surface area contributed by atoms with E-state index in [0.29, 0.717) is 26.1 Å².